The van der Waals surface area contributed by atoms with Crippen molar-refractivity contribution in [1.82, 2.24) is 0 Å². The van der Waals surface area contributed by atoms with Crippen LogP contribution in [-0.2, 0) is 8.99 Å². The van der Waals surface area contributed by atoms with Crippen molar-refractivity contribution in [3.8, 4) is 23.0 Å². The number of hydrogen-bond acceptors (Lipinski definition) is 4. The van der Waals surface area contributed by atoms with Gasteiger partial charge in [-0.2, -0.15) is 0 Å². The Morgan fingerprint density at radius 3 is 1.83 bits per heavy atom. The fraction of sp³-hybridized carbons (Fsp3) is 0.200. The first-order chi connectivity index (χ1) is 17.3. The van der Waals surface area contributed by atoms with Crippen LogP contribution in [0.25, 0.3) is 0 Å². The zero-order valence-corrected chi connectivity index (χ0v) is 23.9. The average molecular weight is 610 g/mol. The smallest absolute Gasteiger partial charge is 0.231 e. The van der Waals surface area contributed by atoms with E-state index in [4.69, 9.17) is 14.2 Å². The molecule has 5 rings (SSSR count). The SMILES string of the molecule is Cc1cc(C)cc(P(=O)(c2cc(C)cc(C)c2)c2cc(Oc3ccccc3)c3c(c2CI)OCO3)c1. The summed E-state index contributed by atoms with van der Waals surface area (Å²) in [6, 6.07) is 23.9. The van der Waals surface area contributed by atoms with Gasteiger partial charge in [-0.05, 0) is 70.2 Å². The highest BCUT2D eigenvalue weighted by Crippen LogP contribution is 2.52. The number of benzene rings is 4. The summed E-state index contributed by atoms with van der Waals surface area (Å²) in [5.41, 5.74) is 5.18. The minimum atomic E-state index is -3.32. The Hall–Kier alpha value is -2.76. The lowest BCUT2D eigenvalue weighted by molar-refractivity contribution is 0.171. The zero-order valence-electron chi connectivity index (χ0n) is 20.8. The van der Waals surface area contributed by atoms with E-state index in [1.807, 2.05) is 88.4 Å². The molecular weight excluding hydrogens is 582 g/mol. The van der Waals surface area contributed by atoms with Crippen molar-refractivity contribution in [3.63, 3.8) is 0 Å². The number of ether oxygens (including phenoxy) is 3. The van der Waals surface area contributed by atoms with Gasteiger partial charge in [-0.3, -0.25) is 0 Å². The maximum Gasteiger partial charge on any atom is 0.231 e. The summed E-state index contributed by atoms with van der Waals surface area (Å²) in [4.78, 5) is 0. The van der Waals surface area contributed by atoms with Gasteiger partial charge >= 0.3 is 0 Å². The second kappa shape index (κ2) is 9.95. The molecule has 1 heterocycles. The lowest BCUT2D eigenvalue weighted by Gasteiger charge is -2.25. The topological polar surface area (TPSA) is 44.8 Å². The molecule has 1 aliphatic heterocycles. The highest BCUT2D eigenvalue weighted by molar-refractivity contribution is 14.1. The molecule has 0 aromatic heterocycles. The van der Waals surface area contributed by atoms with Crippen molar-refractivity contribution in [2.24, 2.45) is 0 Å². The van der Waals surface area contributed by atoms with Crippen molar-refractivity contribution in [2.75, 3.05) is 6.79 Å². The largest absolute Gasteiger partial charge is 0.453 e. The van der Waals surface area contributed by atoms with Crippen LogP contribution in [0.2, 0.25) is 0 Å². The second-order valence-corrected chi connectivity index (χ2v) is 12.8. The van der Waals surface area contributed by atoms with Crippen LogP contribution in [0, 0.1) is 27.7 Å². The van der Waals surface area contributed by atoms with Crippen LogP contribution in [0.4, 0.5) is 0 Å². The van der Waals surface area contributed by atoms with Crippen molar-refractivity contribution < 1.29 is 18.8 Å². The van der Waals surface area contributed by atoms with Crippen LogP contribution in [0.3, 0.4) is 0 Å². The Kier molecular flexibility index (Phi) is 6.88. The van der Waals surface area contributed by atoms with E-state index in [1.165, 1.54) is 0 Å². The minimum absolute atomic E-state index is 0.102. The van der Waals surface area contributed by atoms with Gasteiger partial charge < -0.3 is 18.8 Å². The molecule has 36 heavy (non-hydrogen) atoms. The maximum absolute atomic E-state index is 15.7. The van der Waals surface area contributed by atoms with E-state index in [9.17, 15) is 0 Å². The van der Waals surface area contributed by atoms with E-state index in [0.29, 0.717) is 27.4 Å². The van der Waals surface area contributed by atoms with Gasteiger partial charge in [0.05, 0.1) is 0 Å². The summed E-state index contributed by atoms with van der Waals surface area (Å²) in [5, 5.41) is 2.34. The van der Waals surface area contributed by atoms with Crippen LogP contribution in [0.1, 0.15) is 27.8 Å². The van der Waals surface area contributed by atoms with Gasteiger partial charge in [0.25, 0.3) is 0 Å². The van der Waals surface area contributed by atoms with Crippen molar-refractivity contribution in [1.29, 1.82) is 0 Å². The second-order valence-electron chi connectivity index (χ2n) is 9.29. The molecule has 4 aromatic carbocycles. The fourth-order valence-corrected chi connectivity index (χ4v) is 9.19. The molecule has 0 radical (unpaired) electrons. The first-order valence-corrected chi connectivity index (χ1v) is 15.1. The molecule has 4 aromatic rings. The number of para-hydroxylation sites is 1. The molecule has 0 amide bonds. The molecule has 184 valence electrons. The number of halogens is 1. The number of aryl methyl sites for hydroxylation is 4. The molecule has 0 N–H and O–H groups in total. The quantitative estimate of drug-likeness (QED) is 0.134. The highest BCUT2D eigenvalue weighted by Gasteiger charge is 2.37. The van der Waals surface area contributed by atoms with Gasteiger partial charge in [0.15, 0.2) is 18.6 Å². The highest BCUT2D eigenvalue weighted by atomic mass is 127. The van der Waals surface area contributed by atoms with Crippen molar-refractivity contribution >= 4 is 45.6 Å². The molecule has 0 spiro atoms. The van der Waals surface area contributed by atoms with E-state index < -0.39 is 7.14 Å². The van der Waals surface area contributed by atoms with E-state index in [2.05, 4.69) is 34.7 Å². The Labute approximate surface area is 226 Å². The molecule has 0 aliphatic carbocycles. The third kappa shape index (κ3) is 4.55. The molecule has 0 fully saturated rings. The summed E-state index contributed by atoms with van der Waals surface area (Å²) in [7, 11) is -3.32. The summed E-state index contributed by atoms with van der Waals surface area (Å²) < 4.78 is 34.4. The van der Waals surface area contributed by atoms with E-state index >= 15 is 4.57 Å². The van der Waals surface area contributed by atoms with E-state index in [-0.39, 0.29) is 6.79 Å². The number of alkyl halides is 1. The monoisotopic (exact) mass is 610 g/mol. The molecule has 1 aliphatic rings. The number of rotatable bonds is 6. The van der Waals surface area contributed by atoms with Crippen LogP contribution >= 0.6 is 29.7 Å². The van der Waals surface area contributed by atoms with E-state index in [1.54, 1.807) is 0 Å². The third-order valence-electron chi connectivity index (χ3n) is 6.27. The molecule has 0 atom stereocenters. The number of fused-ring (bicyclic) bond motifs is 1. The Balaban J connectivity index is 1.84. The van der Waals surface area contributed by atoms with Gasteiger partial charge in [0, 0.05) is 25.9 Å². The Morgan fingerprint density at radius 2 is 1.31 bits per heavy atom. The third-order valence-corrected chi connectivity index (χ3v) is 10.1. The van der Waals surface area contributed by atoms with Crippen molar-refractivity contribution in [2.45, 2.75) is 32.1 Å². The maximum atomic E-state index is 15.7. The van der Waals surface area contributed by atoms with Crippen LogP contribution in [0.15, 0.2) is 72.8 Å². The molecule has 4 nitrogen and oxygen atoms in total. The standard InChI is InChI=1S/C30H28IO4P/c1-19-10-20(2)13-24(12-19)36(32,25-14-21(3)11-22(4)15-25)28-16-27(35-23-8-6-5-7-9-23)30-29(26(28)17-31)33-18-34-30/h5-16H,17-18H2,1-4H3. The van der Waals surface area contributed by atoms with Crippen LogP contribution < -0.4 is 30.1 Å². The summed E-state index contributed by atoms with van der Waals surface area (Å²) in [6.45, 7) is 8.29. The number of hydrogen-bond donors (Lipinski definition) is 0. The van der Waals surface area contributed by atoms with Gasteiger partial charge in [0.1, 0.15) is 5.75 Å². The van der Waals surface area contributed by atoms with Crippen LogP contribution in [0.5, 0.6) is 23.0 Å². The summed E-state index contributed by atoms with van der Waals surface area (Å²) in [5.74, 6) is 2.35. The van der Waals surface area contributed by atoms with Gasteiger partial charge in [-0.25, -0.2) is 0 Å². The molecule has 0 saturated heterocycles. The average Bonchev–Trinajstić information content (AvgIpc) is 3.33. The van der Waals surface area contributed by atoms with Crippen molar-refractivity contribution in [3.05, 3.63) is 101 Å². The first kappa shape index (κ1) is 24.9. The molecule has 0 bridgehead atoms. The zero-order chi connectivity index (χ0) is 25.4. The predicted molar refractivity (Wildman–Crippen MR) is 155 cm³/mol. The normalized spacial score (nSPS) is 12.6. The summed E-state index contributed by atoms with van der Waals surface area (Å²) in [6.07, 6.45) is 0. The van der Waals surface area contributed by atoms with Gasteiger partial charge in [0.2, 0.25) is 12.5 Å². The van der Waals surface area contributed by atoms with Gasteiger partial charge in [-0.1, -0.05) is 75.2 Å². The van der Waals surface area contributed by atoms with E-state index in [0.717, 1.165) is 43.7 Å². The molecule has 0 unspecified atom stereocenters. The van der Waals surface area contributed by atoms with Crippen LogP contribution in [-0.4, -0.2) is 6.79 Å². The minimum Gasteiger partial charge on any atom is -0.453 e. The fourth-order valence-electron chi connectivity index (χ4n) is 4.87. The lowest BCUT2D eigenvalue weighted by atomic mass is 10.1. The predicted octanol–water partition coefficient (Wildman–Crippen LogP) is 7.02. The first-order valence-electron chi connectivity index (χ1n) is 11.8. The molecule has 0 saturated carbocycles. The Morgan fingerprint density at radius 1 is 0.778 bits per heavy atom. The lowest BCUT2D eigenvalue weighted by Crippen LogP contribution is -2.28. The Bertz CT molecular complexity index is 1400. The molecule has 6 heteroatoms. The van der Waals surface area contributed by atoms with Gasteiger partial charge in [-0.15, -0.1) is 0 Å². The summed E-state index contributed by atoms with van der Waals surface area (Å²) >= 11 is 2.32. The molecular formula is C30H28IO4P.